The van der Waals surface area contributed by atoms with E-state index in [1.807, 2.05) is 11.3 Å². The Balaban J connectivity index is 0.878. The Hall–Kier alpha value is -7.08. The van der Waals surface area contributed by atoms with Crippen LogP contribution in [0.25, 0.3) is 103 Å². The molecule has 0 radical (unpaired) electrons. The van der Waals surface area contributed by atoms with E-state index in [0.29, 0.717) is 16.2 Å². The minimum Gasteiger partial charge on any atom is -0.455 e. The van der Waals surface area contributed by atoms with Gasteiger partial charge in [-0.1, -0.05) is 97.1 Å². The Morgan fingerprint density at radius 3 is 1.87 bits per heavy atom. The number of aromatic nitrogens is 1. The third-order valence-electron chi connectivity index (χ3n) is 24.8. The van der Waals surface area contributed by atoms with Gasteiger partial charge in [-0.05, 0) is 232 Å². The number of hydrogen-bond acceptors (Lipinski definition) is 3. The lowest BCUT2D eigenvalue weighted by Gasteiger charge is -2.66. The SMILES string of the molecule is c1ccc(-c2ccc(N3B4c5c(cc6c(oc7ccccc76)c5-c5cc6sc7cc8ccccc8cc7c6cc53)-n3c5ccc(C67CC8CC9CC(C6)C98C7)cc5c5cc(C67CC8CC9CC(C6)C98C7)cc4c53)cc2)cc1. The summed E-state index contributed by atoms with van der Waals surface area (Å²) in [5.41, 5.74) is 21.6. The molecule has 8 aliphatic carbocycles. The van der Waals surface area contributed by atoms with Crippen molar-refractivity contribution < 1.29 is 4.42 Å². The first kappa shape index (κ1) is 40.2. The molecule has 5 heteroatoms. The van der Waals surface area contributed by atoms with Crippen molar-refractivity contribution in [3.63, 3.8) is 0 Å². The molecule has 4 atom stereocenters. The second-order valence-corrected chi connectivity index (χ2v) is 28.2. The van der Waals surface area contributed by atoms with Crippen molar-refractivity contribution in [3.8, 4) is 27.9 Å². The summed E-state index contributed by atoms with van der Waals surface area (Å²) in [6, 6.07) is 64.6. The van der Waals surface area contributed by atoms with Gasteiger partial charge in [-0.3, -0.25) is 0 Å². The molecule has 0 N–H and O–H groups in total. The average Bonchev–Trinajstić information content (AvgIpc) is 2.73. The Bertz CT molecular complexity index is 4770. The number of benzene rings is 9. The summed E-state index contributed by atoms with van der Waals surface area (Å²) in [5.74, 6) is 5.72. The summed E-state index contributed by atoms with van der Waals surface area (Å²) < 4.78 is 12.8. The van der Waals surface area contributed by atoms with Gasteiger partial charge in [0, 0.05) is 69.9 Å². The molecule has 2 spiro atoms. The highest BCUT2D eigenvalue weighted by Gasteiger charge is 2.78. The molecule has 0 amide bonds. The third kappa shape index (κ3) is 4.37. The number of anilines is 2. The summed E-state index contributed by atoms with van der Waals surface area (Å²) in [4.78, 5) is 2.81. The number of nitrogens with zero attached hydrogens (tertiary/aromatic N) is 2. The molecule has 4 bridgehead atoms. The number of furan rings is 1. The fourth-order valence-electron chi connectivity index (χ4n) is 21.9. The lowest BCUT2D eigenvalue weighted by molar-refractivity contribution is -0.175. The van der Waals surface area contributed by atoms with E-state index in [9.17, 15) is 0 Å². The summed E-state index contributed by atoms with van der Waals surface area (Å²) in [6.07, 6.45) is 14.4. The van der Waals surface area contributed by atoms with Crippen LogP contribution in [0.2, 0.25) is 0 Å². The van der Waals surface area contributed by atoms with E-state index in [1.165, 1.54) is 178 Å². The number of fused-ring (bicyclic) bond motifs is 17. The second kappa shape index (κ2) is 12.8. The van der Waals surface area contributed by atoms with Gasteiger partial charge in [-0.15, -0.1) is 11.3 Å². The normalized spacial score (nSPS) is 31.5. The van der Waals surface area contributed by atoms with Gasteiger partial charge in [0.2, 0.25) is 0 Å². The number of rotatable bonds is 4. The van der Waals surface area contributed by atoms with E-state index in [2.05, 4.69) is 173 Å². The predicted octanol–water partition coefficient (Wildman–Crippen LogP) is 17.3. The molecule has 8 saturated carbocycles. The summed E-state index contributed by atoms with van der Waals surface area (Å²) >= 11 is 1.94. The molecule has 8 fully saturated rings. The first-order valence-corrected chi connectivity index (χ1v) is 30.2. The van der Waals surface area contributed by atoms with Gasteiger partial charge in [0.25, 0.3) is 0 Å². The largest absolute Gasteiger partial charge is 0.455 e. The lowest BCUT2D eigenvalue weighted by atomic mass is 9.38. The smallest absolute Gasteiger partial charge is 0.333 e. The zero-order valence-corrected chi connectivity index (χ0v) is 43.7. The molecule has 2 aliphatic heterocycles. The van der Waals surface area contributed by atoms with Crippen LogP contribution in [0, 0.1) is 46.3 Å². The quantitative estimate of drug-likeness (QED) is 0.164. The van der Waals surface area contributed by atoms with Gasteiger partial charge in [0.1, 0.15) is 11.2 Å². The monoisotopic (exact) mass is 1000 g/mol. The zero-order chi connectivity index (χ0) is 49.2. The van der Waals surface area contributed by atoms with Crippen LogP contribution in [0.15, 0.2) is 168 Å². The molecule has 3 nitrogen and oxygen atoms in total. The van der Waals surface area contributed by atoms with E-state index in [0.717, 1.165) is 46.7 Å². The van der Waals surface area contributed by atoms with Crippen molar-refractivity contribution >= 4 is 115 Å². The van der Waals surface area contributed by atoms with Crippen molar-refractivity contribution in [1.29, 1.82) is 0 Å². The minimum absolute atomic E-state index is 0.0984. The molecule has 4 unspecified atom stereocenters. The third-order valence-corrected chi connectivity index (χ3v) is 25.9. The zero-order valence-electron chi connectivity index (χ0n) is 42.9. The van der Waals surface area contributed by atoms with Gasteiger partial charge in [-0.2, -0.15) is 0 Å². The maximum absolute atomic E-state index is 7.34. The Morgan fingerprint density at radius 1 is 0.494 bits per heavy atom. The Morgan fingerprint density at radius 2 is 1.13 bits per heavy atom. The van der Waals surface area contributed by atoms with E-state index in [1.54, 1.807) is 11.1 Å². The van der Waals surface area contributed by atoms with Crippen molar-refractivity contribution in [2.24, 2.45) is 46.3 Å². The van der Waals surface area contributed by atoms with E-state index in [-0.39, 0.29) is 12.3 Å². The van der Waals surface area contributed by atoms with Crippen LogP contribution < -0.4 is 15.7 Å². The molecular weight excluding hydrogens is 952 g/mol. The van der Waals surface area contributed by atoms with Crippen molar-refractivity contribution in [3.05, 3.63) is 175 Å². The highest BCUT2D eigenvalue weighted by molar-refractivity contribution is 7.26. The van der Waals surface area contributed by atoms with E-state index < -0.39 is 0 Å². The molecule has 77 heavy (non-hydrogen) atoms. The first-order chi connectivity index (χ1) is 37.9. The van der Waals surface area contributed by atoms with Crippen LogP contribution in [0.1, 0.15) is 75.3 Å². The van der Waals surface area contributed by atoms with Crippen molar-refractivity contribution in [2.45, 2.75) is 75.0 Å². The fourth-order valence-corrected chi connectivity index (χ4v) is 23.0. The van der Waals surface area contributed by atoms with E-state index >= 15 is 0 Å². The first-order valence-electron chi connectivity index (χ1n) is 29.4. The highest BCUT2D eigenvalue weighted by Crippen LogP contribution is 2.86. The lowest BCUT2D eigenvalue weighted by Crippen LogP contribution is -2.61. The van der Waals surface area contributed by atoms with Crippen LogP contribution in [-0.4, -0.2) is 11.4 Å². The average molecular weight is 1010 g/mol. The Labute approximate surface area is 450 Å². The van der Waals surface area contributed by atoms with Gasteiger partial charge in [-0.25, -0.2) is 0 Å². The molecule has 9 aromatic carbocycles. The standard InChI is InChI=1S/C72H53BN2OS/c1-2-8-38(9-3-1)39-14-17-50(18-15-39)75-60-29-54-53-20-40-10-4-5-11-41(40)21-63(53)77-64(54)31-57(60)65-66-61(30-56-51-12-6-7-13-62(51)76-68(56)65)74-59-19-16-42(69-32-46-22-44-23-47(33-69)71(44,46)36-69)26-52(59)55-27-43(28-58(67(55)74)73(66)75)70-34-48-24-45-25-49(35-70)72(45,48)37-70/h1-21,26-31,44-49H,22-25,32-37H2. The molecule has 12 aromatic rings. The van der Waals surface area contributed by atoms with Crippen LogP contribution in [0.3, 0.4) is 0 Å². The van der Waals surface area contributed by atoms with Crippen molar-refractivity contribution in [2.75, 3.05) is 4.81 Å². The molecule has 10 aliphatic rings. The van der Waals surface area contributed by atoms with Gasteiger partial charge >= 0.3 is 6.85 Å². The highest BCUT2D eigenvalue weighted by atomic mass is 32.1. The molecule has 366 valence electrons. The second-order valence-electron chi connectivity index (χ2n) is 27.1. The predicted molar refractivity (Wildman–Crippen MR) is 318 cm³/mol. The van der Waals surface area contributed by atoms with E-state index in [4.69, 9.17) is 4.42 Å². The van der Waals surface area contributed by atoms with Gasteiger partial charge in [0.05, 0.1) is 11.0 Å². The van der Waals surface area contributed by atoms with Crippen LogP contribution >= 0.6 is 11.3 Å². The maximum atomic E-state index is 7.34. The molecule has 0 saturated heterocycles. The number of para-hydroxylation sites is 1. The van der Waals surface area contributed by atoms with Gasteiger partial charge in [0.15, 0.2) is 0 Å². The van der Waals surface area contributed by atoms with Gasteiger partial charge < -0.3 is 13.8 Å². The Kier molecular flexibility index (Phi) is 6.65. The summed E-state index contributed by atoms with van der Waals surface area (Å²) in [5, 5.41) is 10.6. The fraction of sp³-hybridized carbons (Fsp3) is 0.278. The number of hydrogen-bond donors (Lipinski definition) is 0. The molecule has 3 aromatic heterocycles. The topological polar surface area (TPSA) is 21.3 Å². The minimum atomic E-state index is -0.0984. The van der Waals surface area contributed by atoms with Crippen LogP contribution in [0.4, 0.5) is 11.4 Å². The van der Waals surface area contributed by atoms with Crippen LogP contribution in [-0.2, 0) is 10.8 Å². The van der Waals surface area contributed by atoms with Crippen LogP contribution in [0.5, 0.6) is 0 Å². The summed E-state index contributed by atoms with van der Waals surface area (Å²) in [7, 11) is 0. The molecular formula is C72H53BN2OS. The number of thiophene rings is 1. The summed E-state index contributed by atoms with van der Waals surface area (Å²) in [6.45, 7) is -0.0984. The molecule has 22 rings (SSSR count). The van der Waals surface area contributed by atoms with Crippen molar-refractivity contribution in [1.82, 2.24) is 4.57 Å². The molecule has 5 heterocycles. The maximum Gasteiger partial charge on any atom is 0.333 e.